The number of rotatable bonds is 7. The van der Waals surface area contributed by atoms with Crippen molar-refractivity contribution in [1.29, 1.82) is 0 Å². The third kappa shape index (κ3) is 4.84. The molecule has 108 valence electrons. The smallest absolute Gasteiger partial charge is 0.338 e. The number of benzene rings is 1. The van der Waals surface area contributed by atoms with Gasteiger partial charge in [-0.1, -0.05) is 0 Å². The maximum atomic E-state index is 11.7. The van der Waals surface area contributed by atoms with Crippen LogP contribution in [0.1, 0.15) is 46.5 Å². The standard InChI is InChI=1S/C15H18O5/c1-3-19-14(17)6-5-11-7-12(10-16)9-13(8-11)15(18)20-4-2/h7-10H,3-6H2,1-2H3. The van der Waals surface area contributed by atoms with Gasteiger partial charge in [0.05, 0.1) is 18.8 Å². The van der Waals surface area contributed by atoms with Crippen molar-refractivity contribution >= 4 is 18.2 Å². The van der Waals surface area contributed by atoms with Gasteiger partial charge in [0.2, 0.25) is 0 Å². The molecule has 0 aliphatic heterocycles. The van der Waals surface area contributed by atoms with E-state index in [9.17, 15) is 14.4 Å². The molecule has 0 aromatic heterocycles. The normalized spacial score (nSPS) is 9.90. The van der Waals surface area contributed by atoms with Crippen LogP contribution in [0.3, 0.4) is 0 Å². The first-order valence-corrected chi connectivity index (χ1v) is 6.52. The van der Waals surface area contributed by atoms with Crippen molar-refractivity contribution in [2.75, 3.05) is 13.2 Å². The Balaban J connectivity index is 2.85. The fourth-order valence-corrected chi connectivity index (χ4v) is 1.74. The van der Waals surface area contributed by atoms with Gasteiger partial charge >= 0.3 is 11.9 Å². The third-order valence-corrected chi connectivity index (χ3v) is 2.59. The van der Waals surface area contributed by atoms with Crippen molar-refractivity contribution in [2.45, 2.75) is 26.7 Å². The van der Waals surface area contributed by atoms with Crippen LogP contribution >= 0.6 is 0 Å². The molecule has 0 radical (unpaired) electrons. The average Bonchev–Trinajstić information content (AvgIpc) is 2.45. The molecule has 20 heavy (non-hydrogen) atoms. The Bertz CT molecular complexity index is 493. The highest BCUT2D eigenvalue weighted by Crippen LogP contribution is 2.13. The highest BCUT2D eigenvalue weighted by atomic mass is 16.5. The molecule has 5 heteroatoms. The Labute approximate surface area is 117 Å². The minimum Gasteiger partial charge on any atom is -0.466 e. The summed E-state index contributed by atoms with van der Waals surface area (Å²) in [5.41, 5.74) is 1.43. The van der Waals surface area contributed by atoms with E-state index in [1.54, 1.807) is 26.0 Å². The van der Waals surface area contributed by atoms with Crippen molar-refractivity contribution in [3.05, 3.63) is 34.9 Å². The summed E-state index contributed by atoms with van der Waals surface area (Å²) in [6.07, 6.45) is 1.28. The largest absolute Gasteiger partial charge is 0.466 e. The first-order valence-electron chi connectivity index (χ1n) is 6.52. The highest BCUT2D eigenvalue weighted by Gasteiger charge is 2.11. The minimum atomic E-state index is -0.478. The van der Waals surface area contributed by atoms with Crippen LogP contribution in [0.25, 0.3) is 0 Å². The van der Waals surface area contributed by atoms with Crippen LogP contribution in [0.4, 0.5) is 0 Å². The van der Waals surface area contributed by atoms with E-state index in [1.807, 2.05) is 0 Å². The van der Waals surface area contributed by atoms with E-state index in [-0.39, 0.29) is 19.0 Å². The van der Waals surface area contributed by atoms with Crippen LogP contribution in [0, 0.1) is 0 Å². The zero-order valence-corrected chi connectivity index (χ0v) is 11.7. The lowest BCUT2D eigenvalue weighted by Gasteiger charge is -2.07. The van der Waals surface area contributed by atoms with Crippen LogP contribution < -0.4 is 0 Å². The molecule has 0 atom stereocenters. The zero-order valence-electron chi connectivity index (χ0n) is 11.7. The third-order valence-electron chi connectivity index (χ3n) is 2.59. The van der Waals surface area contributed by atoms with E-state index in [4.69, 9.17) is 9.47 Å². The summed E-state index contributed by atoms with van der Waals surface area (Å²) in [5.74, 6) is -0.782. The Hall–Kier alpha value is -2.17. The van der Waals surface area contributed by atoms with Crippen LogP contribution in [0.2, 0.25) is 0 Å². The maximum Gasteiger partial charge on any atom is 0.338 e. The first kappa shape index (κ1) is 15.9. The number of ether oxygens (including phenoxy) is 2. The van der Waals surface area contributed by atoms with Crippen molar-refractivity contribution in [3.8, 4) is 0 Å². The molecule has 0 amide bonds. The van der Waals surface area contributed by atoms with Crippen molar-refractivity contribution in [1.82, 2.24) is 0 Å². The average molecular weight is 278 g/mol. The van der Waals surface area contributed by atoms with Gasteiger partial charge in [0.1, 0.15) is 6.29 Å². The summed E-state index contributed by atoms with van der Waals surface area (Å²) in [6, 6.07) is 4.75. The van der Waals surface area contributed by atoms with Gasteiger partial charge in [0.15, 0.2) is 0 Å². The minimum absolute atomic E-state index is 0.207. The summed E-state index contributed by atoms with van der Waals surface area (Å²) < 4.78 is 9.74. The summed E-state index contributed by atoms with van der Waals surface area (Å²) in [4.78, 5) is 33.9. The molecule has 0 saturated heterocycles. The van der Waals surface area contributed by atoms with Gasteiger partial charge in [-0.25, -0.2) is 4.79 Å². The summed E-state index contributed by atoms with van der Waals surface area (Å²) in [6.45, 7) is 4.05. The van der Waals surface area contributed by atoms with E-state index < -0.39 is 5.97 Å². The molecule has 0 N–H and O–H groups in total. The number of hydrogen-bond donors (Lipinski definition) is 0. The molecule has 0 unspecified atom stereocenters. The Morgan fingerprint density at radius 3 is 2.40 bits per heavy atom. The lowest BCUT2D eigenvalue weighted by Crippen LogP contribution is -2.08. The molecule has 1 rings (SSSR count). The Kier molecular flexibility index (Phi) is 6.43. The zero-order chi connectivity index (χ0) is 15.0. The molecule has 0 aliphatic rings. The monoisotopic (exact) mass is 278 g/mol. The quantitative estimate of drug-likeness (QED) is 0.564. The number of hydrogen-bond acceptors (Lipinski definition) is 5. The first-order chi connectivity index (χ1) is 9.60. The topological polar surface area (TPSA) is 69.7 Å². The molecular formula is C15H18O5. The van der Waals surface area contributed by atoms with Crippen molar-refractivity contribution < 1.29 is 23.9 Å². The van der Waals surface area contributed by atoms with E-state index in [0.29, 0.717) is 30.4 Å². The lowest BCUT2D eigenvalue weighted by molar-refractivity contribution is -0.143. The van der Waals surface area contributed by atoms with Gasteiger partial charge in [0, 0.05) is 12.0 Å². The molecule has 0 spiro atoms. The molecule has 1 aromatic rings. The number of aldehydes is 1. The van der Waals surface area contributed by atoms with Gasteiger partial charge in [-0.15, -0.1) is 0 Å². The summed E-state index contributed by atoms with van der Waals surface area (Å²) >= 11 is 0. The number of aryl methyl sites for hydroxylation is 1. The van der Waals surface area contributed by atoms with Crippen molar-refractivity contribution in [2.24, 2.45) is 0 Å². The van der Waals surface area contributed by atoms with Gasteiger partial charge in [-0.2, -0.15) is 0 Å². The molecule has 0 bridgehead atoms. The number of esters is 2. The van der Waals surface area contributed by atoms with Crippen molar-refractivity contribution in [3.63, 3.8) is 0 Å². The van der Waals surface area contributed by atoms with Crippen LogP contribution in [0.5, 0.6) is 0 Å². The highest BCUT2D eigenvalue weighted by molar-refractivity contribution is 5.92. The van der Waals surface area contributed by atoms with E-state index in [2.05, 4.69) is 0 Å². The summed E-state index contributed by atoms with van der Waals surface area (Å²) in [7, 11) is 0. The van der Waals surface area contributed by atoms with E-state index in [1.165, 1.54) is 6.07 Å². The van der Waals surface area contributed by atoms with Crippen LogP contribution in [-0.4, -0.2) is 31.4 Å². The molecular weight excluding hydrogens is 260 g/mol. The molecule has 0 fully saturated rings. The summed E-state index contributed by atoms with van der Waals surface area (Å²) in [5, 5.41) is 0. The molecule has 0 saturated carbocycles. The Morgan fingerprint density at radius 2 is 1.80 bits per heavy atom. The molecule has 0 heterocycles. The Morgan fingerprint density at radius 1 is 1.10 bits per heavy atom. The fraction of sp³-hybridized carbons (Fsp3) is 0.400. The van der Waals surface area contributed by atoms with E-state index >= 15 is 0 Å². The van der Waals surface area contributed by atoms with E-state index in [0.717, 1.165) is 5.56 Å². The van der Waals surface area contributed by atoms with Crippen LogP contribution in [-0.2, 0) is 20.7 Å². The van der Waals surface area contributed by atoms with Gasteiger partial charge in [-0.05, 0) is 44.0 Å². The predicted molar refractivity (Wildman–Crippen MR) is 72.7 cm³/mol. The fourth-order valence-electron chi connectivity index (χ4n) is 1.74. The van der Waals surface area contributed by atoms with Gasteiger partial charge < -0.3 is 9.47 Å². The lowest BCUT2D eigenvalue weighted by atomic mass is 10.0. The van der Waals surface area contributed by atoms with Crippen LogP contribution in [0.15, 0.2) is 18.2 Å². The second kappa shape index (κ2) is 8.09. The molecule has 0 aliphatic carbocycles. The maximum absolute atomic E-state index is 11.7. The number of carbonyl (C=O) groups is 3. The molecule has 5 nitrogen and oxygen atoms in total. The molecule has 1 aromatic carbocycles. The second-order valence-corrected chi connectivity index (χ2v) is 4.11. The predicted octanol–water partition coefficient (Wildman–Crippen LogP) is 2.17. The van der Waals surface area contributed by atoms with Gasteiger partial charge in [0.25, 0.3) is 0 Å². The second-order valence-electron chi connectivity index (χ2n) is 4.11. The van der Waals surface area contributed by atoms with Gasteiger partial charge in [-0.3, -0.25) is 9.59 Å². The number of carbonyl (C=O) groups excluding carboxylic acids is 3. The SMILES string of the molecule is CCOC(=O)CCc1cc(C=O)cc(C(=O)OCC)c1.